The number of H-pyrrole nitrogens is 1. The lowest BCUT2D eigenvalue weighted by atomic mass is 9.97. The highest BCUT2D eigenvalue weighted by atomic mass is 16.5. The molecule has 2 aliphatic heterocycles. The molecular weight excluding hydrogens is 548 g/mol. The zero-order valence-corrected chi connectivity index (χ0v) is 25.1. The summed E-state index contributed by atoms with van der Waals surface area (Å²) in [5.41, 5.74) is 9.03. The number of imidazole rings is 1. The van der Waals surface area contributed by atoms with E-state index in [9.17, 15) is 4.79 Å². The van der Waals surface area contributed by atoms with E-state index in [2.05, 4.69) is 67.6 Å². The van der Waals surface area contributed by atoms with Gasteiger partial charge in [-0.15, -0.1) is 0 Å². The van der Waals surface area contributed by atoms with Crippen molar-refractivity contribution in [3.8, 4) is 33.8 Å². The van der Waals surface area contributed by atoms with E-state index in [0.29, 0.717) is 0 Å². The topological polar surface area (TPSA) is 96.0 Å². The fourth-order valence-corrected chi connectivity index (χ4v) is 6.45. The van der Waals surface area contributed by atoms with Crippen LogP contribution < -0.4 is 5.32 Å². The van der Waals surface area contributed by atoms with Crippen LogP contribution in [0, 0.1) is 12.8 Å². The van der Waals surface area contributed by atoms with Crippen LogP contribution in [-0.4, -0.2) is 63.1 Å². The van der Waals surface area contributed by atoms with Crippen LogP contribution in [0.1, 0.15) is 36.9 Å². The maximum Gasteiger partial charge on any atom is 0.310 e. The molecule has 2 saturated heterocycles. The standard InChI is InChI=1S/C36H38N6O2/c1-24-4-2-6-33(41-24)35-34(39-23-40-35)27-11-12-32-29(18-27)19-30(20-38-32)26-9-7-25(8-10-26)21-42-17-3-5-28(22-42)36(43)44-31-13-15-37-16-14-31/h2,4,6-12,18-20,23,28,31,37H,3,5,13-17,21-22H2,1H3,(H,39,40). The van der Waals surface area contributed by atoms with Crippen LogP contribution in [0.5, 0.6) is 0 Å². The number of piperidine rings is 2. The predicted molar refractivity (Wildman–Crippen MR) is 173 cm³/mol. The van der Waals surface area contributed by atoms with Crippen LogP contribution >= 0.6 is 0 Å². The van der Waals surface area contributed by atoms with Gasteiger partial charge in [0.25, 0.3) is 0 Å². The van der Waals surface area contributed by atoms with Gasteiger partial charge in [-0.3, -0.25) is 19.7 Å². The van der Waals surface area contributed by atoms with Crippen LogP contribution in [0.3, 0.4) is 0 Å². The largest absolute Gasteiger partial charge is 0.462 e. The fraction of sp³-hybridized carbons (Fsp3) is 0.333. The lowest BCUT2D eigenvalue weighted by Crippen LogP contribution is -2.41. The smallest absolute Gasteiger partial charge is 0.310 e. The van der Waals surface area contributed by atoms with Crippen molar-refractivity contribution in [1.82, 2.24) is 30.2 Å². The molecule has 224 valence electrons. The SMILES string of the molecule is Cc1cccc(-c2[nH]cnc2-c2ccc3ncc(-c4ccc(CN5CCCC(C(=O)OC6CCNCC6)C5)cc4)cc3c2)n1. The van der Waals surface area contributed by atoms with Crippen LogP contribution in [0.2, 0.25) is 0 Å². The van der Waals surface area contributed by atoms with E-state index in [-0.39, 0.29) is 18.0 Å². The summed E-state index contributed by atoms with van der Waals surface area (Å²) in [7, 11) is 0. The van der Waals surface area contributed by atoms with Gasteiger partial charge in [0.1, 0.15) is 6.10 Å². The van der Waals surface area contributed by atoms with Gasteiger partial charge in [0.05, 0.1) is 34.8 Å². The van der Waals surface area contributed by atoms with Gasteiger partial charge in [0.2, 0.25) is 0 Å². The van der Waals surface area contributed by atoms with E-state index >= 15 is 0 Å². The Morgan fingerprint density at radius 1 is 0.955 bits per heavy atom. The van der Waals surface area contributed by atoms with Crippen molar-refractivity contribution < 1.29 is 9.53 Å². The minimum absolute atomic E-state index is 0.0146. The summed E-state index contributed by atoms with van der Waals surface area (Å²) in [6.07, 6.45) is 7.51. The third-order valence-corrected chi connectivity index (χ3v) is 8.84. The molecule has 5 aromatic rings. The number of hydrogen-bond donors (Lipinski definition) is 2. The van der Waals surface area contributed by atoms with Gasteiger partial charge >= 0.3 is 5.97 Å². The van der Waals surface area contributed by atoms with Gasteiger partial charge in [0, 0.05) is 41.5 Å². The van der Waals surface area contributed by atoms with Crippen LogP contribution in [0.4, 0.5) is 0 Å². The number of esters is 1. The highest BCUT2D eigenvalue weighted by Crippen LogP contribution is 2.31. The molecule has 1 atom stereocenters. The van der Waals surface area contributed by atoms with Crippen molar-refractivity contribution in [2.75, 3.05) is 26.2 Å². The highest BCUT2D eigenvalue weighted by molar-refractivity contribution is 5.89. The Kier molecular flexibility index (Phi) is 8.18. The maximum atomic E-state index is 12.9. The molecule has 0 amide bonds. The van der Waals surface area contributed by atoms with Crippen molar-refractivity contribution in [3.05, 3.63) is 90.5 Å². The number of aromatic amines is 1. The molecule has 8 nitrogen and oxygen atoms in total. The Balaban J connectivity index is 1.04. The first-order chi connectivity index (χ1) is 21.6. The molecule has 2 N–H and O–H groups in total. The van der Waals surface area contributed by atoms with Gasteiger partial charge in [-0.05, 0) is 93.7 Å². The quantitative estimate of drug-likeness (QED) is 0.220. The molecule has 2 aromatic carbocycles. The van der Waals surface area contributed by atoms with Gasteiger partial charge in [-0.1, -0.05) is 36.4 Å². The Bertz CT molecular complexity index is 1760. The normalized spacial score (nSPS) is 18.0. The minimum Gasteiger partial charge on any atom is -0.462 e. The van der Waals surface area contributed by atoms with Crippen molar-refractivity contribution >= 4 is 16.9 Å². The molecule has 8 heteroatoms. The van der Waals surface area contributed by atoms with Crippen molar-refractivity contribution in [3.63, 3.8) is 0 Å². The molecule has 2 aliphatic rings. The van der Waals surface area contributed by atoms with E-state index in [1.165, 1.54) is 5.56 Å². The molecule has 0 saturated carbocycles. The molecule has 0 bridgehead atoms. The number of carbonyl (C=O) groups is 1. The first-order valence-electron chi connectivity index (χ1n) is 15.7. The number of fused-ring (bicyclic) bond motifs is 1. The zero-order valence-electron chi connectivity index (χ0n) is 25.1. The van der Waals surface area contributed by atoms with Crippen molar-refractivity contribution in [2.24, 2.45) is 5.92 Å². The van der Waals surface area contributed by atoms with E-state index in [0.717, 1.165) is 109 Å². The Morgan fingerprint density at radius 2 is 1.77 bits per heavy atom. The van der Waals surface area contributed by atoms with Crippen LogP contribution in [0.15, 0.2) is 79.3 Å². The Hall–Kier alpha value is -4.40. The molecule has 44 heavy (non-hydrogen) atoms. The van der Waals surface area contributed by atoms with E-state index in [4.69, 9.17) is 9.72 Å². The summed E-state index contributed by atoms with van der Waals surface area (Å²) in [5, 5.41) is 4.39. The van der Waals surface area contributed by atoms with E-state index < -0.39 is 0 Å². The highest BCUT2D eigenvalue weighted by Gasteiger charge is 2.29. The average Bonchev–Trinajstić information content (AvgIpc) is 3.56. The molecule has 0 radical (unpaired) electrons. The predicted octanol–water partition coefficient (Wildman–Crippen LogP) is 6.17. The van der Waals surface area contributed by atoms with Crippen LogP contribution in [-0.2, 0) is 16.1 Å². The minimum atomic E-state index is -0.0305. The van der Waals surface area contributed by atoms with Gasteiger partial charge in [0.15, 0.2) is 0 Å². The summed E-state index contributed by atoms with van der Waals surface area (Å²) in [4.78, 5) is 32.6. The first kappa shape index (κ1) is 28.4. The van der Waals surface area contributed by atoms with Crippen molar-refractivity contribution in [1.29, 1.82) is 0 Å². The third-order valence-electron chi connectivity index (χ3n) is 8.84. The number of nitrogens with zero attached hydrogens (tertiary/aromatic N) is 4. The second-order valence-corrected chi connectivity index (χ2v) is 12.1. The lowest BCUT2D eigenvalue weighted by molar-refractivity contribution is -0.157. The first-order valence-corrected chi connectivity index (χ1v) is 15.7. The number of ether oxygens (including phenoxy) is 1. The third kappa shape index (κ3) is 6.27. The molecule has 2 fully saturated rings. The maximum absolute atomic E-state index is 12.9. The number of hydrogen-bond acceptors (Lipinski definition) is 7. The number of pyridine rings is 2. The van der Waals surface area contributed by atoms with Crippen molar-refractivity contribution in [2.45, 2.75) is 45.3 Å². The molecule has 5 heterocycles. The fourth-order valence-electron chi connectivity index (χ4n) is 6.45. The molecule has 7 rings (SSSR count). The molecule has 1 unspecified atom stereocenters. The van der Waals surface area contributed by atoms with Crippen LogP contribution in [0.25, 0.3) is 44.7 Å². The number of rotatable bonds is 7. The number of likely N-dealkylation sites (tertiary alicyclic amines) is 1. The van der Waals surface area contributed by atoms with Gasteiger partial charge < -0.3 is 15.0 Å². The summed E-state index contributed by atoms with van der Waals surface area (Å²) in [5.74, 6) is -0.0451. The second kappa shape index (κ2) is 12.7. The number of aromatic nitrogens is 4. The molecular formula is C36H38N6O2. The Morgan fingerprint density at radius 3 is 2.61 bits per heavy atom. The molecule has 3 aromatic heterocycles. The molecule has 0 spiro atoms. The number of nitrogens with one attached hydrogen (secondary N) is 2. The van der Waals surface area contributed by atoms with E-state index in [1.54, 1.807) is 6.33 Å². The average molecular weight is 587 g/mol. The number of benzene rings is 2. The Labute approximate surface area is 257 Å². The van der Waals surface area contributed by atoms with Gasteiger partial charge in [-0.25, -0.2) is 4.98 Å². The second-order valence-electron chi connectivity index (χ2n) is 12.1. The summed E-state index contributed by atoms with van der Waals surface area (Å²) in [6, 6.07) is 23.2. The number of carbonyl (C=O) groups excluding carboxylic acids is 1. The lowest BCUT2D eigenvalue weighted by Gasteiger charge is -2.33. The molecule has 0 aliphatic carbocycles. The summed E-state index contributed by atoms with van der Waals surface area (Å²) < 4.78 is 5.86. The summed E-state index contributed by atoms with van der Waals surface area (Å²) in [6.45, 7) is 6.46. The zero-order chi connectivity index (χ0) is 29.9. The summed E-state index contributed by atoms with van der Waals surface area (Å²) >= 11 is 0. The number of aryl methyl sites for hydroxylation is 1. The van der Waals surface area contributed by atoms with Gasteiger partial charge in [-0.2, -0.15) is 0 Å². The van der Waals surface area contributed by atoms with E-state index in [1.807, 2.05) is 37.4 Å². The monoisotopic (exact) mass is 586 g/mol.